The molecule has 1 aliphatic heterocycles. The topological polar surface area (TPSA) is 12.0 Å². The zero-order valence-corrected chi connectivity index (χ0v) is 13.1. The van der Waals surface area contributed by atoms with Gasteiger partial charge >= 0.3 is 0 Å². The van der Waals surface area contributed by atoms with Gasteiger partial charge in [-0.3, -0.25) is 0 Å². The highest BCUT2D eigenvalue weighted by Gasteiger charge is 2.40. The smallest absolute Gasteiger partial charge is 0.123 e. The molecule has 3 rings (SSSR count). The molecular weight excluding hydrogens is 341 g/mol. The van der Waals surface area contributed by atoms with Crippen molar-refractivity contribution in [3.8, 4) is 0 Å². The third-order valence-electron chi connectivity index (χ3n) is 3.91. The summed E-state index contributed by atoms with van der Waals surface area (Å²) in [7, 11) is 0. The maximum absolute atomic E-state index is 13.4. The number of hydrogen-bond donors (Lipinski definition) is 1. The Morgan fingerprint density at radius 1 is 1.20 bits per heavy atom. The molecule has 0 radical (unpaired) electrons. The summed E-state index contributed by atoms with van der Waals surface area (Å²) >= 11 is 9.83. The maximum Gasteiger partial charge on any atom is 0.123 e. The quantitative estimate of drug-likeness (QED) is 0.865. The van der Waals surface area contributed by atoms with Gasteiger partial charge in [-0.25, -0.2) is 4.39 Å². The van der Waals surface area contributed by atoms with Gasteiger partial charge in [-0.05, 0) is 41.8 Å². The Morgan fingerprint density at radius 3 is 2.60 bits per heavy atom. The van der Waals surface area contributed by atoms with Gasteiger partial charge in [-0.2, -0.15) is 0 Å². The summed E-state index contributed by atoms with van der Waals surface area (Å²) in [5.41, 5.74) is 2.10. The van der Waals surface area contributed by atoms with E-state index in [9.17, 15) is 4.39 Å². The minimum Gasteiger partial charge on any atom is -0.315 e. The molecule has 1 N–H and O–H groups in total. The molecule has 1 fully saturated rings. The molecule has 0 spiro atoms. The van der Waals surface area contributed by atoms with Crippen molar-refractivity contribution in [2.45, 2.75) is 11.8 Å². The summed E-state index contributed by atoms with van der Waals surface area (Å²) in [4.78, 5) is 0. The first-order chi connectivity index (χ1) is 9.61. The third-order valence-corrected chi connectivity index (χ3v) is 4.97. The van der Waals surface area contributed by atoms with E-state index in [0.29, 0.717) is 5.02 Å². The van der Waals surface area contributed by atoms with E-state index < -0.39 is 0 Å². The molecule has 0 aliphatic carbocycles. The van der Waals surface area contributed by atoms with Crippen LogP contribution in [0.25, 0.3) is 0 Å². The Kier molecular flexibility index (Phi) is 3.85. The second-order valence-electron chi connectivity index (χ2n) is 5.28. The van der Waals surface area contributed by atoms with Crippen molar-refractivity contribution >= 4 is 27.5 Å². The fraction of sp³-hybridized carbons (Fsp3) is 0.250. The molecule has 0 unspecified atom stereocenters. The van der Waals surface area contributed by atoms with Gasteiger partial charge in [0.15, 0.2) is 0 Å². The molecule has 0 bridgehead atoms. The third kappa shape index (κ3) is 2.50. The first kappa shape index (κ1) is 14.1. The minimum absolute atomic E-state index is 0.0163. The molecule has 20 heavy (non-hydrogen) atoms. The summed E-state index contributed by atoms with van der Waals surface area (Å²) in [6.07, 6.45) is 0.735. The second-order valence-corrected chi connectivity index (χ2v) is 6.54. The molecule has 1 saturated heterocycles. The summed E-state index contributed by atoms with van der Waals surface area (Å²) < 4.78 is 14.5. The van der Waals surface area contributed by atoms with Crippen LogP contribution in [-0.2, 0) is 11.8 Å². The Morgan fingerprint density at radius 2 is 1.95 bits per heavy atom. The summed E-state index contributed by atoms with van der Waals surface area (Å²) in [5.74, 6) is -0.237. The summed E-state index contributed by atoms with van der Waals surface area (Å²) in [6, 6.07) is 12.8. The molecule has 1 heterocycles. The standard InChI is InChI=1S/C16H14BrClFN/c17-14-4-2-1-3-13(14)16(9-20-10-16)8-11-7-12(19)5-6-15(11)18/h1-7,20H,8-10H2. The van der Waals surface area contributed by atoms with Crippen LogP contribution in [0, 0.1) is 5.82 Å². The van der Waals surface area contributed by atoms with E-state index in [-0.39, 0.29) is 11.2 Å². The van der Waals surface area contributed by atoms with Crippen LogP contribution in [0.1, 0.15) is 11.1 Å². The molecule has 1 nitrogen and oxygen atoms in total. The summed E-state index contributed by atoms with van der Waals surface area (Å²) in [6.45, 7) is 1.75. The summed E-state index contributed by atoms with van der Waals surface area (Å²) in [5, 5.41) is 3.95. The first-order valence-corrected chi connectivity index (χ1v) is 7.67. The molecular formula is C16H14BrClFN. The Bertz CT molecular complexity index is 640. The van der Waals surface area contributed by atoms with Crippen LogP contribution < -0.4 is 5.32 Å². The van der Waals surface area contributed by atoms with Gasteiger partial charge in [0.05, 0.1) is 0 Å². The van der Waals surface area contributed by atoms with Crippen molar-refractivity contribution in [1.82, 2.24) is 5.32 Å². The average Bonchev–Trinajstić information content (AvgIpc) is 2.39. The van der Waals surface area contributed by atoms with Crippen molar-refractivity contribution in [2.75, 3.05) is 13.1 Å². The van der Waals surface area contributed by atoms with E-state index in [0.717, 1.165) is 29.5 Å². The normalized spacial score (nSPS) is 16.8. The van der Waals surface area contributed by atoms with Gasteiger partial charge in [0, 0.05) is 28.0 Å². The van der Waals surface area contributed by atoms with Gasteiger partial charge in [-0.1, -0.05) is 45.7 Å². The molecule has 4 heteroatoms. The predicted molar refractivity (Wildman–Crippen MR) is 83.8 cm³/mol. The number of rotatable bonds is 3. The largest absolute Gasteiger partial charge is 0.315 e. The van der Waals surface area contributed by atoms with Crippen LogP contribution in [-0.4, -0.2) is 13.1 Å². The van der Waals surface area contributed by atoms with Gasteiger partial charge in [0.2, 0.25) is 0 Å². The maximum atomic E-state index is 13.4. The highest BCUT2D eigenvalue weighted by Crippen LogP contribution is 2.38. The van der Waals surface area contributed by atoms with Crippen LogP contribution in [0.15, 0.2) is 46.9 Å². The fourth-order valence-corrected chi connectivity index (χ4v) is 3.66. The van der Waals surface area contributed by atoms with Crippen LogP contribution in [0.4, 0.5) is 4.39 Å². The minimum atomic E-state index is -0.237. The van der Waals surface area contributed by atoms with E-state index in [1.807, 2.05) is 18.2 Å². The number of halogens is 3. The van der Waals surface area contributed by atoms with E-state index in [4.69, 9.17) is 11.6 Å². The molecule has 0 saturated carbocycles. The van der Waals surface area contributed by atoms with Crippen LogP contribution >= 0.6 is 27.5 Å². The molecule has 2 aromatic rings. The fourth-order valence-electron chi connectivity index (χ4n) is 2.77. The lowest BCUT2D eigenvalue weighted by atomic mass is 9.71. The molecule has 1 aliphatic rings. The van der Waals surface area contributed by atoms with Crippen molar-refractivity contribution in [3.05, 3.63) is 68.9 Å². The number of hydrogen-bond acceptors (Lipinski definition) is 1. The van der Waals surface area contributed by atoms with Crippen molar-refractivity contribution in [2.24, 2.45) is 0 Å². The van der Waals surface area contributed by atoms with Gasteiger partial charge in [0.25, 0.3) is 0 Å². The SMILES string of the molecule is Fc1ccc(Cl)c(CC2(c3ccccc3Br)CNC2)c1. The lowest BCUT2D eigenvalue weighted by molar-refractivity contribution is 0.273. The monoisotopic (exact) mass is 353 g/mol. The molecule has 0 aromatic heterocycles. The van der Waals surface area contributed by atoms with E-state index in [1.54, 1.807) is 12.1 Å². The average molecular weight is 355 g/mol. The molecule has 104 valence electrons. The predicted octanol–water partition coefficient (Wildman–Crippen LogP) is 4.33. The van der Waals surface area contributed by atoms with Crippen LogP contribution in [0.2, 0.25) is 5.02 Å². The molecule has 0 amide bonds. The van der Waals surface area contributed by atoms with Gasteiger partial charge in [0.1, 0.15) is 5.82 Å². The first-order valence-electron chi connectivity index (χ1n) is 6.50. The van der Waals surface area contributed by atoms with Crippen LogP contribution in [0.5, 0.6) is 0 Å². The molecule has 0 atom stereocenters. The van der Waals surface area contributed by atoms with E-state index in [1.165, 1.54) is 11.6 Å². The van der Waals surface area contributed by atoms with Crippen molar-refractivity contribution in [1.29, 1.82) is 0 Å². The number of benzene rings is 2. The number of nitrogens with one attached hydrogen (secondary N) is 1. The molecule has 2 aromatic carbocycles. The lowest BCUT2D eigenvalue weighted by Gasteiger charge is -2.44. The van der Waals surface area contributed by atoms with Crippen molar-refractivity contribution < 1.29 is 4.39 Å². The highest BCUT2D eigenvalue weighted by atomic mass is 79.9. The zero-order chi connectivity index (χ0) is 14.2. The van der Waals surface area contributed by atoms with E-state index in [2.05, 4.69) is 27.3 Å². The Labute approximate surface area is 131 Å². The van der Waals surface area contributed by atoms with Crippen molar-refractivity contribution in [3.63, 3.8) is 0 Å². The van der Waals surface area contributed by atoms with Crippen LogP contribution in [0.3, 0.4) is 0 Å². The van der Waals surface area contributed by atoms with Gasteiger partial charge < -0.3 is 5.32 Å². The zero-order valence-electron chi connectivity index (χ0n) is 10.8. The lowest BCUT2D eigenvalue weighted by Crippen LogP contribution is -2.58. The highest BCUT2D eigenvalue weighted by molar-refractivity contribution is 9.10. The van der Waals surface area contributed by atoms with Gasteiger partial charge in [-0.15, -0.1) is 0 Å². The second kappa shape index (κ2) is 5.47. The Balaban J connectivity index is 1.98. The Hall–Kier alpha value is -0.900. The van der Waals surface area contributed by atoms with E-state index >= 15 is 0 Å².